The second-order valence-corrected chi connectivity index (χ2v) is 4.81. The fourth-order valence-corrected chi connectivity index (χ4v) is 2.81. The summed E-state index contributed by atoms with van der Waals surface area (Å²) in [6.45, 7) is 5.42. The molecule has 2 heteroatoms. The van der Waals surface area contributed by atoms with E-state index in [1.54, 1.807) is 7.11 Å². The van der Waals surface area contributed by atoms with E-state index < -0.39 is 0 Å². The third-order valence-corrected chi connectivity index (χ3v) is 3.64. The zero-order chi connectivity index (χ0) is 11.1. The summed E-state index contributed by atoms with van der Waals surface area (Å²) < 4.78 is 5.27. The molecule has 90 valence electrons. The van der Waals surface area contributed by atoms with Crippen molar-refractivity contribution in [1.82, 2.24) is 5.32 Å². The number of hydrogen-bond donors (Lipinski definition) is 1. The second kappa shape index (κ2) is 7.24. The first-order valence-electron chi connectivity index (χ1n) is 6.56. The summed E-state index contributed by atoms with van der Waals surface area (Å²) in [4.78, 5) is 0. The summed E-state index contributed by atoms with van der Waals surface area (Å²) in [5.41, 5.74) is 0. The summed E-state index contributed by atoms with van der Waals surface area (Å²) in [7, 11) is 1.80. The molecule has 1 saturated carbocycles. The lowest BCUT2D eigenvalue weighted by molar-refractivity contribution is 0.151. The number of rotatable bonds is 7. The van der Waals surface area contributed by atoms with E-state index in [0.29, 0.717) is 6.04 Å². The average molecular weight is 213 g/mol. The van der Waals surface area contributed by atoms with Gasteiger partial charge in [-0.25, -0.2) is 0 Å². The van der Waals surface area contributed by atoms with Gasteiger partial charge in [0.15, 0.2) is 0 Å². The normalized spacial score (nSPS) is 28.2. The van der Waals surface area contributed by atoms with Gasteiger partial charge in [0.1, 0.15) is 0 Å². The van der Waals surface area contributed by atoms with Gasteiger partial charge < -0.3 is 10.1 Å². The van der Waals surface area contributed by atoms with Gasteiger partial charge in [-0.2, -0.15) is 0 Å². The van der Waals surface area contributed by atoms with Crippen molar-refractivity contribution < 1.29 is 4.74 Å². The topological polar surface area (TPSA) is 21.3 Å². The largest absolute Gasteiger partial charge is 0.383 e. The maximum absolute atomic E-state index is 5.27. The van der Waals surface area contributed by atoms with Gasteiger partial charge in [0.05, 0.1) is 6.61 Å². The highest BCUT2D eigenvalue weighted by molar-refractivity contribution is 4.85. The van der Waals surface area contributed by atoms with Crippen molar-refractivity contribution in [2.24, 2.45) is 5.92 Å². The van der Waals surface area contributed by atoms with Gasteiger partial charge in [0.2, 0.25) is 0 Å². The molecule has 0 aromatic rings. The number of ether oxygens (including phenoxy) is 1. The van der Waals surface area contributed by atoms with E-state index in [2.05, 4.69) is 19.2 Å². The maximum Gasteiger partial charge on any atom is 0.0615 e. The van der Waals surface area contributed by atoms with E-state index in [0.717, 1.165) is 18.6 Å². The first kappa shape index (κ1) is 13.0. The van der Waals surface area contributed by atoms with E-state index in [1.807, 2.05) is 0 Å². The molecule has 1 aliphatic carbocycles. The minimum absolute atomic E-state index is 0.567. The molecule has 0 radical (unpaired) electrons. The Morgan fingerprint density at radius 2 is 2.13 bits per heavy atom. The predicted octanol–water partition coefficient (Wildman–Crippen LogP) is 2.97. The van der Waals surface area contributed by atoms with Gasteiger partial charge in [-0.15, -0.1) is 0 Å². The van der Waals surface area contributed by atoms with Crippen molar-refractivity contribution in [3.63, 3.8) is 0 Å². The SMILES string of the molecule is CCCC(COC)NC1CCCC1CC. The molecule has 0 aromatic carbocycles. The molecule has 3 atom stereocenters. The zero-order valence-electron chi connectivity index (χ0n) is 10.6. The number of methoxy groups -OCH3 is 1. The van der Waals surface area contributed by atoms with E-state index in [4.69, 9.17) is 4.74 Å². The van der Waals surface area contributed by atoms with Gasteiger partial charge in [0.25, 0.3) is 0 Å². The standard InChI is InChI=1S/C13H27NO/c1-4-7-12(10-15-3)14-13-9-6-8-11(13)5-2/h11-14H,4-10H2,1-3H3. The van der Waals surface area contributed by atoms with Gasteiger partial charge in [-0.05, 0) is 25.2 Å². The Morgan fingerprint density at radius 3 is 2.73 bits per heavy atom. The lowest BCUT2D eigenvalue weighted by Gasteiger charge is -2.26. The molecule has 1 fully saturated rings. The lowest BCUT2D eigenvalue weighted by atomic mass is 9.99. The van der Waals surface area contributed by atoms with Crippen molar-refractivity contribution in [1.29, 1.82) is 0 Å². The smallest absolute Gasteiger partial charge is 0.0615 e. The van der Waals surface area contributed by atoms with Crippen molar-refractivity contribution in [3.8, 4) is 0 Å². The Hall–Kier alpha value is -0.0800. The Morgan fingerprint density at radius 1 is 1.33 bits per heavy atom. The van der Waals surface area contributed by atoms with E-state index in [9.17, 15) is 0 Å². The van der Waals surface area contributed by atoms with Gasteiger partial charge in [-0.3, -0.25) is 0 Å². The quantitative estimate of drug-likeness (QED) is 0.702. The van der Waals surface area contributed by atoms with Crippen LogP contribution in [-0.4, -0.2) is 25.8 Å². The first-order valence-corrected chi connectivity index (χ1v) is 6.56. The molecule has 3 unspecified atom stereocenters. The van der Waals surface area contributed by atoms with Crippen molar-refractivity contribution in [3.05, 3.63) is 0 Å². The molecule has 0 spiro atoms. The molecule has 0 aromatic heterocycles. The van der Waals surface area contributed by atoms with Crippen molar-refractivity contribution in [2.75, 3.05) is 13.7 Å². The molecule has 15 heavy (non-hydrogen) atoms. The molecule has 1 rings (SSSR count). The highest BCUT2D eigenvalue weighted by Crippen LogP contribution is 2.28. The molecule has 0 amide bonds. The molecule has 0 aliphatic heterocycles. The molecule has 0 heterocycles. The van der Waals surface area contributed by atoms with Gasteiger partial charge in [-0.1, -0.05) is 33.1 Å². The minimum Gasteiger partial charge on any atom is -0.383 e. The van der Waals surface area contributed by atoms with Crippen LogP contribution in [0.25, 0.3) is 0 Å². The van der Waals surface area contributed by atoms with Crippen LogP contribution in [0, 0.1) is 5.92 Å². The summed E-state index contributed by atoms with van der Waals surface area (Å²) in [6.07, 6.45) is 7.99. The van der Waals surface area contributed by atoms with Crippen LogP contribution in [0.3, 0.4) is 0 Å². The van der Waals surface area contributed by atoms with Crippen LogP contribution in [0.5, 0.6) is 0 Å². The molecule has 1 N–H and O–H groups in total. The lowest BCUT2D eigenvalue weighted by Crippen LogP contribution is -2.42. The van der Waals surface area contributed by atoms with E-state index in [-0.39, 0.29) is 0 Å². The summed E-state index contributed by atoms with van der Waals surface area (Å²) in [5, 5.41) is 3.79. The van der Waals surface area contributed by atoms with Crippen LogP contribution in [0.2, 0.25) is 0 Å². The highest BCUT2D eigenvalue weighted by atomic mass is 16.5. The molecule has 0 saturated heterocycles. The fraction of sp³-hybridized carbons (Fsp3) is 1.00. The third kappa shape index (κ3) is 4.12. The van der Waals surface area contributed by atoms with Crippen LogP contribution in [-0.2, 0) is 4.74 Å². The minimum atomic E-state index is 0.567. The van der Waals surface area contributed by atoms with E-state index in [1.165, 1.54) is 38.5 Å². The molecular formula is C13H27NO. The van der Waals surface area contributed by atoms with Crippen LogP contribution >= 0.6 is 0 Å². The fourth-order valence-electron chi connectivity index (χ4n) is 2.81. The van der Waals surface area contributed by atoms with Gasteiger partial charge >= 0.3 is 0 Å². The van der Waals surface area contributed by atoms with Crippen LogP contribution < -0.4 is 5.32 Å². The average Bonchev–Trinajstić information content (AvgIpc) is 2.66. The Labute approximate surface area is 94.8 Å². The molecule has 1 aliphatic rings. The first-order chi connectivity index (χ1) is 7.31. The van der Waals surface area contributed by atoms with Crippen LogP contribution in [0.4, 0.5) is 0 Å². The van der Waals surface area contributed by atoms with Crippen molar-refractivity contribution >= 4 is 0 Å². The molecule has 0 bridgehead atoms. The summed E-state index contributed by atoms with van der Waals surface area (Å²) in [5.74, 6) is 0.904. The zero-order valence-corrected chi connectivity index (χ0v) is 10.6. The summed E-state index contributed by atoms with van der Waals surface area (Å²) >= 11 is 0. The maximum atomic E-state index is 5.27. The second-order valence-electron chi connectivity index (χ2n) is 4.81. The monoisotopic (exact) mass is 213 g/mol. The summed E-state index contributed by atoms with van der Waals surface area (Å²) in [6, 6.07) is 1.32. The van der Waals surface area contributed by atoms with Gasteiger partial charge in [0, 0.05) is 19.2 Å². The molecule has 2 nitrogen and oxygen atoms in total. The van der Waals surface area contributed by atoms with Crippen LogP contribution in [0.15, 0.2) is 0 Å². The number of hydrogen-bond acceptors (Lipinski definition) is 2. The van der Waals surface area contributed by atoms with E-state index >= 15 is 0 Å². The Bertz CT molecular complexity index is 155. The third-order valence-electron chi connectivity index (χ3n) is 3.64. The molecular weight excluding hydrogens is 186 g/mol. The van der Waals surface area contributed by atoms with Crippen molar-refractivity contribution in [2.45, 2.75) is 64.5 Å². The highest BCUT2D eigenvalue weighted by Gasteiger charge is 2.27. The Balaban J connectivity index is 2.35. The number of nitrogens with one attached hydrogen (secondary N) is 1. The predicted molar refractivity (Wildman–Crippen MR) is 65.1 cm³/mol. The van der Waals surface area contributed by atoms with Crippen LogP contribution in [0.1, 0.15) is 52.4 Å². The Kier molecular flexibility index (Phi) is 6.26.